The molecule has 2 bridgehead atoms. The summed E-state index contributed by atoms with van der Waals surface area (Å²) in [6.07, 6.45) is 15.6. The fourth-order valence-electron chi connectivity index (χ4n) is 10.3. The summed E-state index contributed by atoms with van der Waals surface area (Å²) in [7, 11) is 0. The van der Waals surface area contributed by atoms with Crippen LogP contribution in [0.4, 0.5) is 0 Å². The van der Waals surface area contributed by atoms with E-state index >= 15 is 0 Å². The van der Waals surface area contributed by atoms with E-state index in [1.807, 2.05) is 52.8 Å². The Morgan fingerprint density at radius 3 is 2.36 bits per heavy atom. The number of aliphatic hydroxyl groups is 5. The number of carbonyl (C=O) groups excluding carboxylic acids is 5. The van der Waals surface area contributed by atoms with E-state index in [1.165, 1.54) is 17.2 Å². The predicted molar refractivity (Wildman–Crippen MR) is 284 cm³/mol. The van der Waals surface area contributed by atoms with Gasteiger partial charge in [-0.1, -0.05) is 122 Å². The van der Waals surface area contributed by atoms with Gasteiger partial charge in [-0.05, 0) is 82.3 Å². The van der Waals surface area contributed by atoms with Crippen molar-refractivity contribution in [3.05, 3.63) is 84.2 Å². The van der Waals surface area contributed by atoms with Gasteiger partial charge in [0.1, 0.15) is 35.7 Å². The predicted octanol–water partition coefficient (Wildman–Crippen LogP) is 5.83. The van der Waals surface area contributed by atoms with Gasteiger partial charge in [0.25, 0.3) is 5.91 Å². The maximum atomic E-state index is 14.3. The molecule has 0 aromatic heterocycles. The standard InChI is InChI=1S/C57H89N5O12/c1-12-42-30-37(7)57(60-53(42)69)41(11)52(68)40(10)49(74-57)31-46(65)35(5)22-15-13-16-23-36(6)48-27-18-14-17-26-45(64)39(9)47(66)32-50(67)59-51(33(2)3)54(70)58-44(29-34(4)21-19-24-38(8)63)55(71)62-28-20-25-43(61-62)56(72)73-48/h13-14,16-19,21,23-24,26,33,35,37,39-49,51-52,61,63-66,68H,8,12,15,20,22,25,27-32H2,1-7,9-11H3,(H,58,70)(H,59,67)(H,60,69)/b16-13+,18-14+,24-19-,26-17+,34-21+,36-23+/t35-,37-,39?,40-,41-,42-,43-,44-,45+,46-,47-,48-,49-,51?,52-,57+/m0/s1. The number of amides is 4. The lowest BCUT2D eigenvalue weighted by Crippen LogP contribution is -2.71. The number of cyclic esters (lactones) is 1. The molecule has 414 valence electrons. The van der Waals surface area contributed by atoms with E-state index in [0.29, 0.717) is 44.1 Å². The highest BCUT2D eigenvalue weighted by Gasteiger charge is 2.57. The molecule has 3 saturated heterocycles. The highest BCUT2D eigenvalue weighted by molar-refractivity contribution is 5.92. The highest BCUT2D eigenvalue weighted by Crippen LogP contribution is 2.46. The molecule has 0 radical (unpaired) electrons. The van der Waals surface area contributed by atoms with Gasteiger partial charge in [-0.3, -0.25) is 29.0 Å². The summed E-state index contributed by atoms with van der Waals surface area (Å²) in [6, 6.07) is -3.12. The first-order valence-corrected chi connectivity index (χ1v) is 26.9. The van der Waals surface area contributed by atoms with Gasteiger partial charge in [0.05, 0.1) is 36.9 Å². The molecule has 17 nitrogen and oxygen atoms in total. The number of fused-ring (bicyclic) bond motifs is 2. The molecule has 0 saturated carbocycles. The number of aliphatic hydroxyl groups excluding tert-OH is 5. The van der Waals surface area contributed by atoms with Crippen LogP contribution < -0.4 is 21.4 Å². The first-order valence-electron chi connectivity index (χ1n) is 26.9. The summed E-state index contributed by atoms with van der Waals surface area (Å²) in [5, 5.41) is 64.2. The molecular formula is C57H89N5O12. The van der Waals surface area contributed by atoms with E-state index < -0.39 is 96.0 Å². The number of hydrazine groups is 1. The van der Waals surface area contributed by atoms with Crippen molar-refractivity contribution in [1.29, 1.82) is 0 Å². The van der Waals surface area contributed by atoms with Crippen LogP contribution in [0.1, 0.15) is 133 Å². The second-order valence-electron chi connectivity index (χ2n) is 21.8. The van der Waals surface area contributed by atoms with Gasteiger partial charge < -0.3 is 51.0 Å². The van der Waals surface area contributed by atoms with Crippen molar-refractivity contribution in [1.82, 2.24) is 26.4 Å². The number of ether oxygens (including phenoxy) is 2. The Labute approximate surface area is 439 Å². The third-order valence-corrected chi connectivity index (χ3v) is 15.7. The van der Waals surface area contributed by atoms with Crippen LogP contribution >= 0.6 is 0 Å². The maximum absolute atomic E-state index is 14.3. The minimum Gasteiger partial charge on any atom is -0.509 e. The SMILES string of the molecule is C=C(O)/C=C\C=C(/C)C[C@@H]1NC(=O)C(C(C)C)NC(=O)C[C@H](O)C(C)[C@H](O)/C=C/C=C/C[C@@H](/C(C)=C/C=C/CC[C@H](C)[C@@H](O)C[C@@H]2O[C@@]3(NC(=O)[C@@H](CC)C[C@@H]3C)[C@@H](C)[C@@H](O)[C@H]2C)OC(=O)[C@@H]2CCCN(N2)C1=O. The molecular weight excluding hydrogens is 947 g/mol. The van der Waals surface area contributed by atoms with E-state index in [2.05, 4.69) is 34.9 Å². The minimum absolute atomic E-state index is 0.0171. The van der Waals surface area contributed by atoms with Crippen LogP contribution in [0.3, 0.4) is 0 Å². The topological polar surface area (TPSA) is 256 Å². The average molecular weight is 1040 g/mol. The quantitative estimate of drug-likeness (QED) is 0.0565. The smallest absolute Gasteiger partial charge is 0.325 e. The van der Waals surface area contributed by atoms with Crippen molar-refractivity contribution < 1.29 is 59.0 Å². The van der Waals surface area contributed by atoms with Crippen LogP contribution in [0.15, 0.2) is 84.2 Å². The Hall–Kier alpha value is -4.91. The number of carbonyl (C=O) groups is 5. The zero-order chi connectivity index (χ0) is 55.0. The first-order chi connectivity index (χ1) is 34.9. The van der Waals surface area contributed by atoms with Crippen LogP contribution in [0, 0.1) is 41.4 Å². The van der Waals surface area contributed by atoms with E-state index in [-0.39, 0.29) is 67.1 Å². The van der Waals surface area contributed by atoms with E-state index in [1.54, 1.807) is 58.1 Å². The van der Waals surface area contributed by atoms with Crippen molar-refractivity contribution in [2.75, 3.05) is 6.54 Å². The molecule has 1 spiro atoms. The Morgan fingerprint density at radius 2 is 1.69 bits per heavy atom. The normalized spacial score (nSPS) is 35.6. The first kappa shape index (κ1) is 61.6. The average Bonchev–Trinajstić information content (AvgIpc) is 3.35. The minimum atomic E-state index is -1.26. The van der Waals surface area contributed by atoms with Crippen LogP contribution in [-0.4, -0.2) is 127 Å². The third kappa shape index (κ3) is 17.1. The van der Waals surface area contributed by atoms with Crippen molar-refractivity contribution in [3.8, 4) is 0 Å². The number of hydrogen-bond donors (Lipinski definition) is 9. The molecule has 4 aliphatic heterocycles. The number of hydrogen-bond acceptors (Lipinski definition) is 13. The van der Waals surface area contributed by atoms with Crippen LogP contribution in [0.5, 0.6) is 0 Å². The summed E-state index contributed by atoms with van der Waals surface area (Å²) < 4.78 is 12.9. The monoisotopic (exact) mass is 1040 g/mol. The molecule has 4 amide bonds. The van der Waals surface area contributed by atoms with Gasteiger partial charge in [-0.15, -0.1) is 0 Å². The molecule has 9 N–H and O–H groups in total. The number of nitrogens with one attached hydrogen (secondary N) is 4. The van der Waals surface area contributed by atoms with Crippen LogP contribution in [0.25, 0.3) is 0 Å². The molecule has 74 heavy (non-hydrogen) atoms. The summed E-state index contributed by atoms with van der Waals surface area (Å²) in [5.74, 6) is -4.54. The second-order valence-corrected chi connectivity index (χ2v) is 21.8. The van der Waals surface area contributed by atoms with Gasteiger partial charge >= 0.3 is 5.97 Å². The van der Waals surface area contributed by atoms with Gasteiger partial charge in [-0.2, -0.15) is 0 Å². The van der Waals surface area contributed by atoms with Crippen molar-refractivity contribution in [2.45, 2.75) is 194 Å². The number of esters is 1. The number of allylic oxidation sites excluding steroid dienone is 8. The van der Waals surface area contributed by atoms with Gasteiger partial charge in [0.2, 0.25) is 17.7 Å². The summed E-state index contributed by atoms with van der Waals surface area (Å²) in [6.45, 7) is 22.3. The van der Waals surface area contributed by atoms with E-state index in [0.717, 1.165) is 12.0 Å². The van der Waals surface area contributed by atoms with E-state index in [9.17, 15) is 49.5 Å². The van der Waals surface area contributed by atoms with Crippen molar-refractivity contribution in [3.63, 3.8) is 0 Å². The Balaban J connectivity index is 1.52. The summed E-state index contributed by atoms with van der Waals surface area (Å²) in [5.41, 5.74) is 3.44. The summed E-state index contributed by atoms with van der Waals surface area (Å²) in [4.78, 5) is 68.6. The van der Waals surface area contributed by atoms with Crippen LogP contribution in [0.2, 0.25) is 0 Å². The molecule has 0 aliphatic carbocycles. The Bertz CT molecular complexity index is 2120. The van der Waals surface area contributed by atoms with Crippen molar-refractivity contribution >= 4 is 29.6 Å². The summed E-state index contributed by atoms with van der Waals surface area (Å²) >= 11 is 0. The Morgan fingerprint density at radius 1 is 0.973 bits per heavy atom. The fourth-order valence-corrected chi connectivity index (χ4v) is 10.3. The molecule has 2 unspecified atom stereocenters. The molecule has 16 atom stereocenters. The van der Waals surface area contributed by atoms with Crippen molar-refractivity contribution in [2.24, 2.45) is 41.4 Å². The molecule has 4 rings (SSSR count). The zero-order valence-corrected chi connectivity index (χ0v) is 45.5. The fraction of sp³-hybridized carbons (Fsp3) is 0.667. The largest absolute Gasteiger partial charge is 0.509 e. The highest BCUT2D eigenvalue weighted by atomic mass is 16.5. The molecule has 17 heteroatoms. The molecule has 0 aromatic carbocycles. The van der Waals surface area contributed by atoms with Gasteiger partial charge in [0, 0.05) is 49.0 Å². The van der Waals surface area contributed by atoms with E-state index in [4.69, 9.17) is 9.47 Å². The third-order valence-electron chi connectivity index (χ3n) is 15.7. The molecule has 3 fully saturated rings. The molecule has 0 aromatic rings. The van der Waals surface area contributed by atoms with Crippen LogP contribution in [-0.2, 0) is 33.4 Å². The molecule has 4 heterocycles. The second kappa shape index (κ2) is 28.8. The molecule has 4 aliphatic rings. The number of rotatable bonds is 14. The maximum Gasteiger partial charge on any atom is 0.325 e. The lowest BCUT2D eigenvalue weighted by atomic mass is 9.69. The number of piperidine rings is 1. The lowest BCUT2D eigenvalue weighted by molar-refractivity contribution is -0.267. The number of nitrogens with zero attached hydrogens (tertiary/aromatic N) is 1. The lowest BCUT2D eigenvalue weighted by Gasteiger charge is -2.56. The Kier molecular flexibility index (Phi) is 24.0. The zero-order valence-electron chi connectivity index (χ0n) is 45.5. The van der Waals surface area contributed by atoms with Gasteiger partial charge in [-0.25, -0.2) is 5.43 Å². The van der Waals surface area contributed by atoms with Gasteiger partial charge in [0.15, 0.2) is 0 Å².